The van der Waals surface area contributed by atoms with Crippen molar-refractivity contribution >= 4 is 10.0 Å². The number of hydrogen-bond donors (Lipinski definition) is 2. The first kappa shape index (κ1) is 14.3. The van der Waals surface area contributed by atoms with Crippen molar-refractivity contribution in [2.45, 2.75) is 43.4 Å². The summed E-state index contributed by atoms with van der Waals surface area (Å²) in [7, 11) is -3.69. The topological polar surface area (TPSA) is 79.0 Å². The third kappa shape index (κ3) is 3.91. The summed E-state index contributed by atoms with van der Waals surface area (Å²) in [5, 5.41) is 0. The molecule has 1 saturated carbocycles. The highest BCUT2D eigenvalue weighted by Crippen LogP contribution is 2.25. The van der Waals surface area contributed by atoms with Gasteiger partial charge in [-0.25, -0.2) is 13.1 Å². The van der Waals surface area contributed by atoms with Gasteiger partial charge >= 0.3 is 0 Å². The largest absolute Gasteiger partial charge is 0.366 e. The second-order valence-electron chi connectivity index (χ2n) is 5.06. The Labute approximate surface area is 113 Å². The van der Waals surface area contributed by atoms with Crippen LogP contribution in [-0.2, 0) is 10.0 Å². The first-order valence-electron chi connectivity index (χ1n) is 6.76. The van der Waals surface area contributed by atoms with E-state index in [4.69, 9.17) is 0 Å². The highest BCUT2D eigenvalue weighted by molar-refractivity contribution is 7.89. The van der Waals surface area contributed by atoms with Crippen molar-refractivity contribution in [1.29, 1.82) is 0 Å². The van der Waals surface area contributed by atoms with Gasteiger partial charge in [0.05, 0.1) is 0 Å². The summed E-state index contributed by atoms with van der Waals surface area (Å²) >= 11 is 0. The van der Waals surface area contributed by atoms with Gasteiger partial charge in [-0.15, -0.1) is 0 Å². The van der Waals surface area contributed by atoms with Crippen LogP contribution in [0.1, 0.15) is 38.5 Å². The zero-order valence-corrected chi connectivity index (χ0v) is 11.7. The van der Waals surface area contributed by atoms with E-state index in [0.29, 0.717) is 12.5 Å². The predicted octanol–water partition coefficient (Wildman–Crippen LogP) is 1.62. The maximum absolute atomic E-state index is 12.0. The average Bonchev–Trinajstić information content (AvgIpc) is 2.40. The molecule has 6 heteroatoms. The van der Waals surface area contributed by atoms with Crippen LogP contribution in [-0.4, -0.2) is 19.9 Å². The molecular formula is C13H20N2O3S. The molecule has 1 fully saturated rings. The Bertz CT molecular complexity index is 559. The third-order valence-corrected chi connectivity index (χ3v) is 5.13. The first-order valence-corrected chi connectivity index (χ1v) is 8.25. The van der Waals surface area contributed by atoms with Gasteiger partial charge in [0.25, 0.3) is 0 Å². The molecule has 0 aromatic carbocycles. The maximum atomic E-state index is 12.0. The second-order valence-corrected chi connectivity index (χ2v) is 6.80. The molecule has 0 spiro atoms. The Hall–Kier alpha value is -1.14. The molecule has 2 N–H and O–H groups in total. The van der Waals surface area contributed by atoms with Crippen LogP contribution in [0.5, 0.6) is 0 Å². The van der Waals surface area contributed by atoms with Crippen LogP contribution in [0.2, 0.25) is 0 Å². The Morgan fingerprint density at radius 2 is 2.00 bits per heavy atom. The molecular weight excluding hydrogens is 264 g/mol. The van der Waals surface area contributed by atoms with E-state index < -0.39 is 15.5 Å². The zero-order chi connectivity index (χ0) is 13.7. The molecule has 1 aromatic heterocycles. The molecule has 1 aromatic rings. The van der Waals surface area contributed by atoms with E-state index in [9.17, 15) is 13.2 Å². The molecule has 0 radical (unpaired) electrons. The van der Waals surface area contributed by atoms with Gasteiger partial charge in [-0.1, -0.05) is 32.1 Å². The summed E-state index contributed by atoms with van der Waals surface area (Å²) in [5.41, 5.74) is -0.482. The van der Waals surface area contributed by atoms with Gasteiger partial charge < -0.3 is 4.98 Å². The summed E-state index contributed by atoms with van der Waals surface area (Å²) in [5.74, 6) is 0.616. The molecule has 5 nitrogen and oxygen atoms in total. The van der Waals surface area contributed by atoms with Crippen LogP contribution >= 0.6 is 0 Å². The minimum absolute atomic E-state index is 0.210. The summed E-state index contributed by atoms with van der Waals surface area (Å²) in [6, 6.07) is 1.22. The highest BCUT2D eigenvalue weighted by Gasteiger charge is 2.18. The molecule has 19 heavy (non-hydrogen) atoms. The molecule has 0 unspecified atom stereocenters. The van der Waals surface area contributed by atoms with Crippen LogP contribution in [0, 0.1) is 5.92 Å². The molecule has 2 rings (SSSR count). The van der Waals surface area contributed by atoms with Gasteiger partial charge in [0.15, 0.2) is 0 Å². The van der Waals surface area contributed by atoms with E-state index in [1.165, 1.54) is 50.6 Å². The fraction of sp³-hybridized carbons (Fsp3) is 0.615. The third-order valence-electron chi connectivity index (χ3n) is 3.65. The van der Waals surface area contributed by atoms with Crippen LogP contribution in [0.25, 0.3) is 0 Å². The standard InChI is InChI=1S/C13H20N2O3S/c16-12-7-8-14-10-13(12)19(17,18)15-9-6-11-4-2-1-3-5-11/h7-8,10-11,15H,1-6,9H2,(H,14,16). The van der Waals surface area contributed by atoms with Crippen LogP contribution in [0.3, 0.4) is 0 Å². The summed E-state index contributed by atoms with van der Waals surface area (Å²) in [6.45, 7) is 0.404. The minimum atomic E-state index is -3.69. The number of pyridine rings is 1. The Morgan fingerprint density at radius 1 is 1.26 bits per heavy atom. The van der Waals surface area contributed by atoms with Gasteiger partial charge in [-0.3, -0.25) is 4.79 Å². The van der Waals surface area contributed by atoms with Crippen LogP contribution in [0.4, 0.5) is 0 Å². The molecule has 0 saturated heterocycles. The molecule has 106 valence electrons. The number of nitrogens with one attached hydrogen (secondary N) is 2. The Kier molecular flexibility index (Phi) is 4.76. The van der Waals surface area contributed by atoms with Crippen molar-refractivity contribution < 1.29 is 8.42 Å². The van der Waals surface area contributed by atoms with Gasteiger partial charge in [-0.2, -0.15) is 0 Å². The van der Waals surface area contributed by atoms with Gasteiger partial charge in [0.1, 0.15) is 4.90 Å². The number of hydrogen-bond acceptors (Lipinski definition) is 3. The SMILES string of the molecule is O=c1cc[nH]cc1S(=O)(=O)NCCC1CCCCC1. The lowest BCUT2D eigenvalue weighted by atomic mass is 9.87. The predicted molar refractivity (Wildman–Crippen MR) is 73.4 cm³/mol. The molecule has 1 heterocycles. The minimum Gasteiger partial charge on any atom is -0.366 e. The highest BCUT2D eigenvalue weighted by atomic mass is 32.2. The lowest BCUT2D eigenvalue weighted by Gasteiger charge is -2.21. The van der Waals surface area contributed by atoms with E-state index in [-0.39, 0.29) is 4.90 Å². The molecule has 0 atom stereocenters. The van der Waals surface area contributed by atoms with E-state index in [2.05, 4.69) is 9.71 Å². The fourth-order valence-electron chi connectivity index (χ4n) is 2.56. The summed E-state index contributed by atoms with van der Waals surface area (Å²) in [6.07, 6.45) is 9.66. The van der Waals surface area contributed by atoms with E-state index in [0.717, 1.165) is 6.42 Å². The van der Waals surface area contributed by atoms with Crippen LogP contribution in [0.15, 0.2) is 28.2 Å². The normalized spacial score (nSPS) is 17.5. The molecule has 1 aliphatic rings. The average molecular weight is 284 g/mol. The maximum Gasteiger partial charge on any atom is 0.245 e. The number of aromatic amines is 1. The van der Waals surface area contributed by atoms with Crippen molar-refractivity contribution in [3.8, 4) is 0 Å². The number of rotatable bonds is 5. The monoisotopic (exact) mass is 284 g/mol. The number of aromatic nitrogens is 1. The van der Waals surface area contributed by atoms with Crippen molar-refractivity contribution in [2.24, 2.45) is 5.92 Å². The molecule has 1 aliphatic carbocycles. The van der Waals surface area contributed by atoms with Gasteiger partial charge in [0.2, 0.25) is 15.5 Å². The van der Waals surface area contributed by atoms with Crippen molar-refractivity contribution in [3.63, 3.8) is 0 Å². The summed E-state index contributed by atoms with van der Waals surface area (Å²) < 4.78 is 26.4. The Balaban J connectivity index is 1.91. The van der Waals surface area contributed by atoms with E-state index in [1.54, 1.807) is 0 Å². The molecule has 0 amide bonds. The quantitative estimate of drug-likeness (QED) is 0.862. The van der Waals surface area contributed by atoms with Crippen molar-refractivity contribution in [1.82, 2.24) is 9.71 Å². The van der Waals surface area contributed by atoms with Gasteiger partial charge in [-0.05, 0) is 12.3 Å². The number of sulfonamides is 1. The van der Waals surface area contributed by atoms with Gasteiger partial charge in [0, 0.05) is 25.0 Å². The second kappa shape index (κ2) is 6.34. The summed E-state index contributed by atoms with van der Waals surface area (Å²) in [4.78, 5) is 13.9. The fourth-order valence-corrected chi connectivity index (χ4v) is 3.66. The smallest absolute Gasteiger partial charge is 0.245 e. The van der Waals surface area contributed by atoms with E-state index >= 15 is 0 Å². The van der Waals surface area contributed by atoms with E-state index in [1.807, 2.05) is 0 Å². The van der Waals surface area contributed by atoms with Crippen LogP contribution < -0.4 is 10.2 Å². The molecule has 0 aliphatic heterocycles. The number of H-pyrrole nitrogens is 1. The Morgan fingerprint density at radius 3 is 2.68 bits per heavy atom. The lowest BCUT2D eigenvalue weighted by Crippen LogP contribution is -2.30. The lowest BCUT2D eigenvalue weighted by molar-refractivity contribution is 0.339. The zero-order valence-electron chi connectivity index (χ0n) is 10.9. The first-order chi connectivity index (χ1) is 9.09. The molecule has 0 bridgehead atoms. The van der Waals surface area contributed by atoms with Crippen molar-refractivity contribution in [2.75, 3.05) is 6.54 Å². The van der Waals surface area contributed by atoms with Crippen molar-refractivity contribution in [3.05, 3.63) is 28.7 Å².